The molecule has 35 heavy (non-hydrogen) atoms. The van der Waals surface area contributed by atoms with Crippen molar-refractivity contribution in [3.63, 3.8) is 0 Å². The van der Waals surface area contributed by atoms with Crippen molar-refractivity contribution in [2.24, 2.45) is 0 Å². The number of piperidine rings is 1. The van der Waals surface area contributed by atoms with E-state index in [0.717, 1.165) is 42.7 Å². The summed E-state index contributed by atoms with van der Waals surface area (Å²) in [6.07, 6.45) is -3.19. The second-order valence-corrected chi connectivity index (χ2v) is 13.8. The summed E-state index contributed by atoms with van der Waals surface area (Å²) in [7, 11) is -1.95. The number of benzene rings is 1. The van der Waals surface area contributed by atoms with Crippen LogP contribution in [-0.4, -0.2) is 47.2 Å². The van der Waals surface area contributed by atoms with E-state index < -0.39 is 25.9 Å². The number of alkyl halides is 3. The molecule has 2 heterocycles. The first-order chi connectivity index (χ1) is 16.6. The zero-order chi connectivity index (χ0) is 25.6. The van der Waals surface area contributed by atoms with E-state index in [1.54, 1.807) is 0 Å². The van der Waals surface area contributed by atoms with Gasteiger partial charge in [-0.15, -0.1) is 5.54 Å². The van der Waals surface area contributed by atoms with Crippen molar-refractivity contribution in [1.82, 2.24) is 14.9 Å². The first-order valence-electron chi connectivity index (χ1n) is 11.9. The number of halogens is 3. The van der Waals surface area contributed by atoms with Crippen molar-refractivity contribution in [2.75, 3.05) is 18.4 Å². The summed E-state index contributed by atoms with van der Waals surface area (Å²) in [6.45, 7) is 7.14. The molecule has 1 aromatic carbocycles. The number of nitrogens with zero attached hydrogens (tertiary/aromatic N) is 3. The monoisotopic (exact) mass is 504 g/mol. The van der Waals surface area contributed by atoms with Gasteiger partial charge in [-0.3, -0.25) is 0 Å². The highest BCUT2D eigenvalue weighted by atomic mass is 28.3. The van der Waals surface area contributed by atoms with Crippen molar-refractivity contribution >= 4 is 25.8 Å². The zero-order valence-corrected chi connectivity index (χ0v) is 21.2. The summed E-state index contributed by atoms with van der Waals surface area (Å²) in [6, 6.07) is 10.2. The maximum absolute atomic E-state index is 13.6. The third-order valence-electron chi connectivity index (χ3n) is 6.97. The number of nitrogens with one attached hydrogen (secondary N) is 1. The van der Waals surface area contributed by atoms with Gasteiger partial charge in [0.05, 0.1) is 0 Å². The highest BCUT2D eigenvalue weighted by Crippen LogP contribution is 2.32. The molecule has 1 amide bonds. The van der Waals surface area contributed by atoms with Crippen LogP contribution in [0.4, 0.5) is 29.6 Å². The summed E-state index contributed by atoms with van der Waals surface area (Å²) in [5.41, 5.74) is 3.70. The van der Waals surface area contributed by atoms with Crippen molar-refractivity contribution in [3.8, 4) is 11.5 Å². The Kier molecular flexibility index (Phi) is 8.43. The van der Waals surface area contributed by atoms with Crippen LogP contribution in [0, 0.1) is 11.5 Å². The van der Waals surface area contributed by atoms with Gasteiger partial charge in [0.2, 0.25) is 5.95 Å². The predicted molar refractivity (Wildman–Crippen MR) is 132 cm³/mol. The summed E-state index contributed by atoms with van der Waals surface area (Å²) >= 11 is 0. The summed E-state index contributed by atoms with van der Waals surface area (Å²) in [5, 5.41) is 12.1. The molecule has 0 aliphatic carbocycles. The minimum atomic E-state index is -4.59. The average molecular weight is 505 g/mol. The third-order valence-corrected chi connectivity index (χ3v) is 11.7. The molecule has 1 aromatic heterocycles. The van der Waals surface area contributed by atoms with Gasteiger partial charge in [0.15, 0.2) is 0 Å². The highest BCUT2D eigenvalue weighted by molar-refractivity contribution is 6.87. The third kappa shape index (κ3) is 6.54. The molecule has 1 saturated heterocycles. The summed E-state index contributed by atoms with van der Waals surface area (Å²) in [4.78, 5) is 20.5. The van der Waals surface area contributed by atoms with E-state index in [2.05, 4.69) is 26.7 Å². The molecule has 0 spiro atoms. The molecule has 0 unspecified atom stereocenters. The zero-order valence-electron chi connectivity index (χ0n) is 20.2. The van der Waals surface area contributed by atoms with Crippen molar-refractivity contribution in [3.05, 3.63) is 47.3 Å². The number of hydrogen-bond acceptors (Lipinski definition) is 4. The molecule has 188 valence electrons. The highest BCUT2D eigenvalue weighted by Gasteiger charge is 2.35. The fraction of sp³-hybridized carbons (Fsp3) is 0.480. The number of hydrogen-bond donors (Lipinski definition) is 2. The summed E-state index contributed by atoms with van der Waals surface area (Å²) in [5.74, 6) is 3.08. The molecule has 10 heteroatoms. The lowest BCUT2D eigenvalue weighted by Gasteiger charge is -2.30. The minimum Gasteiger partial charge on any atom is -0.465 e. The number of anilines is 2. The second-order valence-electron chi connectivity index (χ2n) is 8.84. The second kappa shape index (κ2) is 11.1. The van der Waals surface area contributed by atoms with Gasteiger partial charge in [-0.25, -0.2) is 14.8 Å². The van der Waals surface area contributed by atoms with Gasteiger partial charge in [-0.05, 0) is 54.6 Å². The average Bonchev–Trinajstić information content (AvgIpc) is 2.85. The standard InChI is InChI=1S/C25H31F3N4O2Si/c1-4-35(5-2,6-3)16-13-22-21(25(26,27)28)17-29-23(31-22)30-20-9-7-18(8-10-20)19-11-14-32(15-12-19)24(33)34/h7-10,17,19H,4-6,11-12,14-15H2,1-3H3,(H,33,34)(H,29,30,31). The van der Waals surface area contributed by atoms with Crippen LogP contribution in [0.3, 0.4) is 0 Å². The first kappa shape index (κ1) is 26.5. The number of carbonyl (C=O) groups is 1. The molecular formula is C25H31F3N4O2Si. The van der Waals surface area contributed by atoms with Crippen molar-refractivity contribution < 1.29 is 23.1 Å². The fourth-order valence-corrected chi connectivity index (χ4v) is 6.74. The van der Waals surface area contributed by atoms with Crippen LogP contribution in [0.25, 0.3) is 0 Å². The Morgan fingerprint density at radius 1 is 1.14 bits per heavy atom. The fourth-order valence-electron chi connectivity index (χ4n) is 4.32. The molecule has 0 saturated carbocycles. The first-order valence-corrected chi connectivity index (χ1v) is 14.5. The molecule has 6 nitrogen and oxygen atoms in total. The maximum atomic E-state index is 13.6. The Balaban J connectivity index is 1.80. The maximum Gasteiger partial charge on any atom is 0.420 e. The van der Waals surface area contributed by atoms with E-state index in [1.165, 1.54) is 4.90 Å². The van der Waals surface area contributed by atoms with Gasteiger partial charge in [0, 0.05) is 25.0 Å². The number of likely N-dealkylation sites (tertiary alicyclic amines) is 1. The van der Waals surface area contributed by atoms with E-state index in [9.17, 15) is 18.0 Å². The quantitative estimate of drug-likeness (QED) is 0.347. The van der Waals surface area contributed by atoms with Gasteiger partial charge in [-0.2, -0.15) is 13.2 Å². The van der Waals surface area contributed by atoms with Crippen LogP contribution in [-0.2, 0) is 6.18 Å². The molecule has 1 fully saturated rings. The van der Waals surface area contributed by atoms with Crippen LogP contribution in [0.5, 0.6) is 0 Å². The Morgan fingerprint density at radius 3 is 2.26 bits per heavy atom. The molecule has 1 aliphatic heterocycles. The van der Waals surface area contributed by atoms with Crippen LogP contribution in [0.1, 0.15) is 56.4 Å². The van der Waals surface area contributed by atoms with E-state index in [0.29, 0.717) is 18.8 Å². The Bertz CT molecular complexity index is 1080. The summed E-state index contributed by atoms with van der Waals surface area (Å²) < 4.78 is 40.7. The van der Waals surface area contributed by atoms with Crippen LogP contribution in [0.15, 0.2) is 30.5 Å². The van der Waals surface area contributed by atoms with Crippen molar-refractivity contribution in [2.45, 2.75) is 63.8 Å². The Morgan fingerprint density at radius 2 is 1.74 bits per heavy atom. The van der Waals surface area contributed by atoms with E-state index in [4.69, 9.17) is 5.11 Å². The number of rotatable bonds is 6. The molecule has 0 radical (unpaired) electrons. The largest absolute Gasteiger partial charge is 0.465 e. The van der Waals surface area contributed by atoms with Gasteiger partial charge < -0.3 is 15.3 Å². The lowest BCUT2D eigenvalue weighted by Crippen LogP contribution is -2.36. The molecule has 0 atom stereocenters. The van der Waals surface area contributed by atoms with Crippen molar-refractivity contribution in [1.29, 1.82) is 0 Å². The normalized spacial score (nSPS) is 14.9. The SMILES string of the molecule is CC[Si](C#Cc1nc(Nc2ccc(C3CCN(C(=O)O)CC3)cc2)ncc1C(F)(F)F)(CC)CC. The number of amides is 1. The number of aromatic nitrogens is 2. The Labute approximate surface area is 205 Å². The molecule has 0 bridgehead atoms. The van der Waals surface area contributed by atoms with E-state index in [1.807, 2.05) is 45.0 Å². The minimum absolute atomic E-state index is 0.0570. The van der Waals surface area contributed by atoms with Crippen LogP contribution < -0.4 is 5.32 Å². The number of carboxylic acid groups (broad SMARTS) is 1. The van der Waals surface area contributed by atoms with Gasteiger partial charge in [0.25, 0.3) is 0 Å². The lowest BCUT2D eigenvalue weighted by molar-refractivity contribution is -0.138. The van der Waals surface area contributed by atoms with Gasteiger partial charge in [-0.1, -0.05) is 38.8 Å². The van der Waals surface area contributed by atoms with Gasteiger partial charge >= 0.3 is 12.3 Å². The van der Waals surface area contributed by atoms with E-state index in [-0.39, 0.29) is 17.6 Å². The molecule has 2 N–H and O–H groups in total. The Hall–Kier alpha value is -3.06. The van der Waals surface area contributed by atoms with Crippen LogP contribution in [0.2, 0.25) is 18.1 Å². The lowest BCUT2D eigenvalue weighted by atomic mass is 9.89. The molecular weight excluding hydrogens is 473 g/mol. The molecule has 3 rings (SSSR count). The van der Waals surface area contributed by atoms with Crippen LogP contribution >= 0.6 is 0 Å². The smallest absolute Gasteiger partial charge is 0.420 e. The molecule has 2 aromatic rings. The van der Waals surface area contributed by atoms with Gasteiger partial charge in [0.1, 0.15) is 19.3 Å². The topological polar surface area (TPSA) is 78.4 Å². The van der Waals surface area contributed by atoms with E-state index >= 15 is 0 Å². The predicted octanol–water partition coefficient (Wildman–Crippen LogP) is 6.50. The molecule has 1 aliphatic rings.